The van der Waals surface area contributed by atoms with Crippen LogP contribution in [0, 0.1) is 5.92 Å². The summed E-state index contributed by atoms with van der Waals surface area (Å²) < 4.78 is 11.2. The summed E-state index contributed by atoms with van der Waals surface area (Å²) in [4.78, 5) is 6.81. The van der Waals surface area contributed by atoms with E-state index in [1.807, 2.05) is 30.3 Å². The van der Waals surface area contributed by atoms with Gasteiger partial charge in [-0.3, -0.25) is 9.89 Å². The van der Waals surface area contributed by atoms with Gasteiger partial charge in [-0.15, -0.1) is 24.0 Å². The molecule has 0 saturated carbocycles. The third-order valence-electron chi connectivity index (χ3n) is 4.39. The molecule has 1 aliphatic heterocycles. The molecule has 1 atom stereocenters. The molecule has 1 aromatic carbocycles. The minimum Gasteiger partial charge on any atom is -0.492 e. The molecule has 2 N–H and O–H groups in total. The number of guanidine groups is 1. The van der Waals surface area contributed by atoms with E-state index in [-0.39, 0.29) is 24.0 Å². The van der Waals surface area contributed by atoms with E-state index in [1.54, 1.807) is 7.05 Å². The van der Waals surface area contributed by atoms with Gasteiger partial charge in [0.15, 0.2) is 5.96 Å². The highest BCUT2D eigenvalue weighted by Crippen LogP contribution is 2.12. The fourth-order valence-corrected chi connectivity index (χ4v) is 2.97. The summed E-state index contributed by atoms with van der Waals surface area (Å²) in [6, 6.07) is 10.3. The monoisotopic (exact) mass is 476 g/mol. The molecule has 0 amide bonds. The highest BCUT2D eigenvalue weighted by molar-refractivity contribution is 14.0. The molecule has 0 aromatic heterocycles. The number of benzene rings is 1. The normalized spacial score (nSPS) is 16.7. The minimum atomic E-state index is 0. The Kier molecular flexibility index (Phi) is 11.6. The van der Waals surface area contributed by atoms with Crippen molar-refractivity contribution in [3.63, 3.8) is 0 Å². The molecule has 1 unspecified atom stereocenters. The van der Waals surface area contributed by atoms with E-state index in [2.05, 4.69) is 34.4 Å². The van der Waals surface area contributed by atoms with Gasteiger partial charge in [0.1, 0.15) is 12.4 Å². The molecule has 0 spiro atoms. The summed E-state index contributed by atoms with van der Waals surface area (Å²) in [5.74, 6) is 2.28. The predicted molar refractivity (Wildman–Crippen MR) is 118 cm³/mol. The molecule has 1 fully saturated rings. The van der Waals surface area contributed by atoms with Crippen LogP contribution in [0.4, 0.5) is 0 Å². The van der Waals surface area contributed by atoms with Crippen LogP contribution >= 0.6 is 24.0 Å². The summed E-state index contributed by atoms with van der Waals surface area (Å²) in [5.41, 5.74) is 0. The lowest BCUT2D eigenvalue weighted by molar-refractivity contribution is 0.00752. The summed E-state index contributed by atoms with van der Waals surface area (Å²) in [5, 5.41) is 6.76. The van der Waals surface area contributed by atoms with Gasteiger partial charge < -0.3 is 20.1 Å². The number of hydrogen-bond acceptors (Lipinski definition) is 4. The Hall–Kier alpha value is -1.06. The first-order valence-electron chi connectivity index (χ1n) is 9.15. The van der Waals surface area contributed by atoms with Crippen molar-refractivity contribution in [1.29, 1.82) is 0 Å². The topological polar surface area (TPSA) is 58.1 Å². The fraction of sp³-hybridized carbons (Fsp3) is 0.632. The Morgan fingerprint density at radius 2 is 1.88 bits per heavy atom. The smallest absolute Gasteiger partial charge is 0.191 e. The zero-order valence-corrected chi connectivity index (χ0v) is 18.4. The van der Waals surface area contributed by atoms with Gasteiger partial charge in [-0.1, -0.05) is 32.0 Å². The summed E-state index contributed by atoms with van der Waals surface area (Å²) >= 11 is 0. The van der Waals surface area contributed by atoms with Crippen LogP contribution in [0.2, 0.25) is 0 Å². The maximum atomic E-state index is 5.69. The fourth-order valence-electron chi connectivity index (χ4n) is 2.97. The van der Waals surface area contributed by atoms with Crippen molar-refractivity contribution < 1.29 is 9.47 Å². The SMILES string of the molecule is CN=C(NCCOc1ccccc1)NCC(C(C)C)N1CCOCC1.I. The Morgan fingerprint density at radius 1 is 1.19 bits per heavy atom. The van der Waals surface area contributed by atoms with Crippen LogP contribution < -0.4 is 15.4 Å². The molecule has 2 rings (SSSR count). The lowest BCUT2D eigenvalue weighted by Gasteiger charge is -2.37. The molecule has 0 bridgehead atoms. The summed E-state index contributed by atoms with van der Waals surface area (Å²) in [6.07, 6.45) is 0. The van der Waals surface area contributed by atoms with Gasteiger partial charge >= 0.3 is 0 Å². The van der Waals surface area contributed by atoms with Crippen molar-refractivity contribution in [2.75, 3.05) is 53.0 Å². The molecule has 26 heavy (non-hydrogen) atoms. The van der Waals surface area contributed by atoms with Crippen LogP contribution in [0.25, 0.3) is 0 Å². The summed E-state index contributed by atoms with van der Waals surface area (Å²) in [6.45, 7) is 10.4. The summed E-state index contributed by atoms with van der Waals surface area (Å²) in [7, 11) is 1.80. The van der Waals surface area contributed by atoms with Crippen molar-refractivity contribution in [3.8, 4) is 5.75 Å². The van der Waals surface area contributed by atoms with Gasteiger partial charge in [0.05, 0.1) is 19.8 Å². The number of nitrogens with zero attached hydrogens (tertiary/aromatic N) is 2. The van der Waals surface area contributed by atoms with E-state index in [1.165, 1.54) is 0 Å². The lowest BCUT2D eigenvalue weighted by Crippen LogP contribution is -2.52. The number of nitrogens with one attached hydrogen (secondary N) is 2. The van der Waals surface area contributed by atoms with Crippen LogP contribution in [0.1, 0.15) is 13.8 Å². The Bertz CT molecular complexity index is 508. The Balaban J connectivity index is 0.00000338. The largest absolute Gasteiger partial charge is 0.492 e. The third-order valence-corrected chi connectivity index (χ3v) is 4.39. The number of morpholine rings is 1. The number of aliphatic imine (C=N–C) groups is 1. The predicted octanol–water partition coefficient (Wildman–Crippen LogP) is 2.21. The average Bonchev–Trinajstić information content (AvgIpc) is 2.65. The Morgan fingerprint density at radius 3 is 2.50 bits per heavy atom. The second-order valence-electron chi connectivity index (χ2n) is 6.50. The molecule has 148 valence electrons. The van der Waals surface area contributed by atoms with Gasteiger partial charge in [-0.25, -0.2) is 0 Å². The Labute approximate surface area is 174 Å². The van der Waals surface area contributed by atoms with Crippen LogP contribution in [0.15, 0.2) is 35.3 Å². The van der Waals surface area contributed by atoms with Gasteiger partial charge in [-0.05, 0) is 18.1 Å². The van der Waals surface area contributed by atoms with E-state index < -0.39 is 0 Å². The maximum absolute atomic E-state index is 5.69. The molecular formula is C19H33IN4O2. The molecule has 7 heteroatoms. The van der Waals surface area contributed by atoms with Gasteiger partial charge in [0, 0.05) is 32.7 Å². The van der Waals surface area contributed by atoms with Crippen LogP contribution in [0.3, 0.4) is 0 Å². The quantitative estimate of drug-likeness (QED) is 0.261. The van der Waals surface area contributed by atoms with Gasteiger partial charge in [-0.2, -0.15) is 0 Å². The molecule has 1 heterocycles. The zero-order chi connectivity index (χ0) is 17.9. The van der Waals surface area contributed by atoms with Crippen molar-refractivity contribution in [2.45, 2.75) is 19.9 Å². The molecule has 6 nitrogen and oxygen atoms in total. The van der Waals surface area contributed by atoms with E-state index in [0.717, 1.165) is 44.6 Å². The molecule has 1 saturated heterocycles. The van der Waals surface area contributed by atoms with Crippen molar-refractivity contribution >= 4 is 29.9 Å². The zero-order valence-electron chi connectivity index (χ0n) is 16.1. The van der Waals surface area contributed by atoms with Gasteiger partial charge in [0.25, 0.3) is 0 Å². The maximum Gasteiger partial charge on any atom is 0.191 e. The number of para-hydroxylation sites is 1. The van der Waals surface area contributed by atoms with E-state index >= 15 is 0 Å². The highest BCUT2D eigenvalue weighted by Gasteiger charge is 2.23. The second kappa shape index (κ2) is 13.2. The van der Waals surface area contributed by atoms with E-state index in [0.29, 0.717) is 25.1 Å². The van der Waals surface area contributed by atoms with Crippen LogP contribution in [-0.4, -0.2) is 69.9 Å². The van der Waals surface area contributed by atoms with Crippen molar-refractivity contribution in [1.82, 2.24) is 15.5 Å². The number of rotatable bonds is 8. The molecule has 0 radical (unpaired) electrons. The highest BCUT2D eigenvalue weighted by atomic mass is 127. The van der Waals surface area contributed by atoms with Crippen molar-refractivity contribution in [3.05, 3.63) is 30.3 Å². The molecule has 1 aromatic rings. The third kappa shape index (κ3) is 8.09. The average molecular weight is 476 g/mol. The first-order chi connectivity index (χ1) is 12.2. The second-order valence-corrected chi connectivity index (χ2v) is 6.50. The standard InChI is InChI=1S/C19H32N4O2.HI/c1-16(2)18(23-10-13-24-14-11-23)15-22-19(20-3)21-9-12-25-17-7-5-4-6-8-17;/h4-8,16,18H,9-15H2,1-3H3,(H2,20,21,22);1H. The number of hydrogen-bond donors (Lipinski definition) is 2. The molecule has 0 aliphatic carbocycles. The minimum absolute atomic E-state index is 0. The van der Waals surface area contributed by atoms with Gasteiger partial charge in [0.2, 0.25) is 0 Å². The molecule has 1 aliphatic rings. The first kappa shape index (κ1) is 23.0. The van der Waals surface area contributed by atoms with E-state index in [9.17, 15) is 0 Å². The van der Waals surface area contributed by atoms with Crippen LogP contribution in [-0.2, 0) is 4.74 Å². The first-order valence-corrected chi connectivity index (χ1v) is 9.15. The number of ether oxygens (including phenoxy) is 2. The molecular weight excluding hydrogens is 443 g/mol. The lowest BCUT2D eigenvalue weighted by atomic mass is 10.0. The number of halogens is 1. The van der Waals surface area contributed by atoms with Crippen molar-refractivity contribution in [2.24, 2.45) is 10.9 Å². The van der Waals surface area contributed by atoms with Crippen LogP contribution in [0.5, 0.6) is 5.75 Å². The van der Waals surface area contributed by atoms with E-state index in [4.69, 9.17) is 9.47 Å².